The van der Waals surface area contributed by atoms with E-state index in [9.17, 15) is 0 Å². The number of alkyl halides is 1. The van der Waals surface area contributed by atoms with E-state index in [-0.39, 0.29) is 0 Å². The van der Waals surface area contributed by atoms with Crippen LogP contribution in [-0.2, 0) is 11.8 Å². The summed E-state index contributed by atoms with van der Waals surface area (Å²) in [6.07, 6.45) is 3.83. The molecule has 0 unspecified atom stereocenters. The molecule has 12 heavy (non-hydrogen) atoms. The molecule has 1 heterocycles. The van der Waals surface area contributed by atoms with Crippen LogP contribution in [0.25, 0.3) is 0 Å². The zero-order valence-electron chi connectivity index (χ0n) is 7.05. The molecule has 0 aromatic carbocycles. The maximum Gasteiger partial charge on any atom is 0.220 e. The van der Waals surface area contributed by atoms with Gasteiger partial charge >= 0.3 is 0 Å². The number of hydrogen-bond donors (Lipinski definition) is 1. The third-order valence-electron chi connectivity index (χ3n) is 1.60. The molecule has 0 aliphatic carbocycles. The van der Waals surface area contributed by atoms with Crippen molar-refractivity contribution in [2.45, 2.75) is 25.1 Å². The first kappa shape index (κ1) is 9.45. The van der Waals surface area contributed by atoms with Crippen LogP contribution >= 0.6 is 15.9 Å². The molecule has 0 saturated heterocycles. The van der Waals surface area contributed by atoms with Crippen LogP contribution in [0.4, 0.5) is 5.95 Å². The second-order valence-corrected chi connectivity index (χ2v) is 3.14. The molecule has 3 nitrogen and oxygen atoms in total. The van der Waals surface area contributed by atoms with Gasteiger partial charge in [0, 0.05) is 22.8 Å². The summed E-state index contributed by atoms with van der Waals surface area (Å²) in [4.78, 5) is 8.10. The van der Waals surface area contributed by atoms with Crippen LogP contribution in [0.5, 0.6) is 0 Å². The van der Waals surface area contributed by atoms with Gasteiger partial charge in [-0.25, -0.2) is 9.97 Å². The molecule has 0 aliphatic rings. The Kier molecular flexibility index (Phi) is 3.47. The Balaban J connectivity index is 2.95. The summed E-state index contributed by atoms with van der Waals surface area (Å²) in [5, 5.41) is 0.794. The molecule has 0 spiro atoms. The van der Waals surface area contributed by atoms with Crippen molar-refractivity contribution >= 4 is 21.9 Å². The van der Waals surface area contributed by atoms with E-state index in [0.717, 1.165) is 29.4 Å². The SMILES string of the molecule is CCCc1nc(N)ncc1CBr. The van der Waals surface area contributed by atoms with Gasteiger partial charge in [-0.15, -0.1) is 0 Å². The predicted octanol–water partition coefficient (Wildman–Crippen LogP) is 1.91. The predicted molar refractivity (Wildman–Crippen MR) is 53.1 cm³/mol. The number of nitrogens with zero attached hydrogens (tertiary/aromatic N) is 2. The number of hydrogen-bond acceptors (Lipinski definition) is 3. The molecule has 0 fully saturated rings. The molecule has 66 valence electrons. The zero-order valence-corrected chi connectivity index (χ0v) is 8.63. The third kappa shape index (κ3) is 2.17. The monoisotopic (exact) mass is 229 g/mol. The lowest BCUT2D eigenvalue weighted by Gasteiger charge is -2.04. The highest BCUT2D eigenvalue weighted by atomic mass is 79.9. The summed E-state index contributed by atoms with van der Waals surface area (Å²) >= 11 is 3.38. The van der Waals surface area contributed by atoms with Crippen molar-refractivity contribution in [1.82, 2.24) is 9.97 Å². The van der Waals surface area contributed by atoms with Crippen molar-refractivity contribution in [3.63, 3.8) is 0 Å². The van der Waals surface area contributed by atoms with E-state index >= 15 is 0 Å². The molecule has 0 bridgehead atoms. The lowest BCUT2D eigenvalue weighted by Crippen LogP contribution is -2.02. The van der Waals surface area contributed by atoms with Gasteiger partial charge < -0.3 is 5.73 Å². The summed E-state index contributed by atoms with van der Waals surface area (Å²) in [5.41, 5.74) is 7.66. The Hall–Kier alpha value is -0.640. The van der Waals surface area contributed by atoms with Crippen molar-refractivity contribution in [3.05, 3.63) is 17.5 Å². The van der Waals surface area contributed by atoms with Gasteiger partial charge in [-0.05, 0) is 6.42 Å². The highest BCUT2D eigenvalue weighted by Gasteiger charge is 2.02. The largest absolute Gasteiger partial charge is 0.368 e. The quantitative estimate of drug-likeness (QED) is 0.807. The van der Waals surface area contributed by atoms with E-state index in [2.05, 4.69) is 32.8 Å². The van der Waals surface area contributed by atoms with Crippen molar-refractivity contribution in [3.8, 4) is 0 Å². The average molecular weight is 230 g/mol. The van der Waals surface area contributed by atoms with Crippen molar-refractivity contribution in [2.75, 3.05) is 5.73 Å². The Labute approximate surface area is 80.5 Å². The molecular weight excluding hydrogens is 218 g/mol. The molecule has 1 aromatic rings. The first-order valence-corrected chi connectivity index (χ1v) is 5.06. The minimum absolute atomic E-state index is 0.364. The van der Waals surface area contributed by atoms with E-state index in [1.54, 1.807) is 6.20 Å². The van der Waals surface area contributed by atoms with Gasteiger partial charge in [0.05, 0.1) is 0 Å². The number of halogens is 1. The standard InChI is InChI=1S/C8H12BrN3/c1-2-3-7-6(4-9)5-11-8(10)12-7/h5H,2-4H2,1H3,(H2,10,11,12). The van der Waals surface area contributed by atoms with Crippen LogP contribution in [0, 0.1) is 0 Å². The summed E-state index contributed by atoms with van der Waals surface area (Å²) < 4.78 is 0. The molecule has 0 atom stereocenters. The number of rotatable bonds is 3. The van der Waals surface area contributed by atoms with E-state index in [1.807, 2.05) is 0 Å². The van der Waals surface area contributed by atoms with Gasteiger partial charge in [0.1, 0.15) is 0 Å². The molecule has 1 rings (SSSR count). The van der Waals surface area contributed by atoms with E-state index in [4.69, 9.17) is 5.73 Å². The normalized spacial score (nSPS) is 10.2. The van der Waals surface area contributed by atoms with E-state index < -0.39 is 0 Å². The fraction of sp³-hybridized carbons (Fsp3) is 0.500. The summed E-state index contributed by atoms with van der Waals surface area (Å²) in [7, 11) is 0. The maximum absolute atomic E-state index is 5.47. The van der Waals surface area contributed by atoms with Gasteiger partial charge in [-0.3, -0.25) is 0 Å². The topological polar surface area (TPSA) is 51.8 Å². The van der Waals surface area contributed by atoms with Gasteiger partial charge in [0.2, 0.25) is 5.95 Å². The molecule has 2 N–H and O–H groups in total. The first-order chi connectivity index (χ1) is 5.77. The Morgan fingerprint density at radius 1 is 1.58 bits per heavy atom. The number of nitrogen functional groups attached to an aromatic ring is 1. The molecule has 0 radical (unpaired) electrons. The Morgan fingerprint density at radius 2 is 2.33 bits per heavy atom. The molecular formula is C8H12BrN3. The Bertz CT molecular complexity index is 262. The highest BCUT2D eigenvalue weighted by molar-refractivity contribution is 9.08. The highest BCUT2D eigenvalue weighted by Crippen LogP contribution is 2.12. The number of aryl methyl sites for hydroxylation is 1. The Morgan fingerprint density at radius 3 is 2.92 bits per heavy atom. The lowest BCUT2D eigenvalue weighted by atomic mass is 10.2. The molecule has 1 aromatic heterocycles. The minimum Gasteiger partial charge on any atom is -0.368 e. The summed E-state index contributed by atoms with van der Waals surface area (Å²) in [6.45, 7) is 2.12. The second kappa shape index (κ2) is 4.40. The van der Waals surface area contributed by atoms with Crippen LogP contribution in [0.2, 0.25) is 0 Å². The van der Waals surface area contributed by atoms with Gasteiger partial charge in [-0.1, -0.05) is 29.3 Å². The van der Waals surface area contributed by atoms with Crippen molar-refractivity contribution < 1.29 is 0 Å². The average Bonchev–Trinajstić information content (AvgIpc) is 2.05. The fourth-order valence-electron chi connectivity index (χ4n) is 1.02. The van der Waals surface area contributed by atoms with Crippen LogP contribution in [-0.4, -0.2) is 9.97 Å². The number of anilines is 1. The van der Waals surface area contributed by atoms with Crippen LogP contribution < -0.4 is 5.73 Å². The fourth-order valence-corrected chi connectivity index (χ4v) is 1.49. The molecule has 4 heteroatoms. The van der Waals surface area contributed by atoms with Gasteiger partial charge in [0.25, 0.3) is 0 Å². The first-order valence-electron chi connectivity index (χ1n) is 3.94. The lowest BCUT2D eigenvalue weighted by molar-refractivity contribution is 0.862. The van der Waals surface area contributed by atoms with Crippen molar-refractivity contribution in [1.29, 1.82) is 0 Å². The second-order valence-electron chi connectivity index (χ2n) is 2.58. The summed E-state index contributed by atoms with van der Waals surface area (Å²) in [5.74, 6) is 0.364. The van der Waals surface area contributed by atoms with Crippen molar-refractivity contribution in [2.24, 2.45) is 0 Å². The zero-order chi connectivity index (χ0) is 8.97. The van der Waals surface area contributed by atoms with Gasteiger partial charge in [-0.2, -0.15) is 0 Å². The van der Waals surface area contributed by atoms with Gasteiger partial charge in [0.15, 0.2) is 0 Å². The molecule has 0 amide bonds. The third-order valence-corrected chi connectivity index (χ3v) is 2.21. The minimum atomic E-state index is 0.364. The number of nitrogens with two attached hydrogens (primary N) is 1. The smallest absolute Gasteiger partial charge is 0.220 e. The maximum atomic E-state index is 5.47. The van der Waals surface area contributed by atoms with E-state index in [1.165, 1.54) is 0 Å². The van der Waals surface area contributed by atoms with Crippen LogP contribution in [0.1, 0.15) is 24.6 Å². The molecule has 0 saturated carbocycles. The molecule has 0 aliphatic heterocycles. The summed E-state index contributed by atoms with van der Waals surface area (Å²) in [6, 6.07) is 0. The number of aromatic nitrogens is 2. The van der Waals surface area contributed by atoms with E-state index in [0.29, 0.717) is 5.95 Å². The van der Waals surface area contributed by atoms with Crippen LogP contribution in [0.3, 0.4) is 0 Å². The van der Waals surface area contributed by atoms with Crippen LogP contribution in [0.15, 0.2) is 6.20 Å².